The molecule has 1 unspecified atom stereocenters. The van der Waals surface area contributed by atoms with Crippen molar-refractivity contribution in [3.05, 3.63) is 0 Å². The third-order valence-corrected chi connectivity index (χ3v) is 3.76. The van der Waals surface area contributed by atoms with Gasteiger partial charge in [-0.05, 0) is 12.8 Å². The molecule has 2 rings (SSSR count). The van der Waals surface area contributed by atoms with Crippen LogP contribution in [0.3, 0.4) is 0 Å². The smallest absolute Gasteiger partial charge is 0.407 e. The molecule has 0 saturated carbocycles. The second-order valence-electron chi connectivity index (χ2n) is 4.66. The maximum Gasteiger partial charge on any atom is 0.407 e. The number of nitrogens with zero attached hydrogens (tertiary/aromatic N) is 2. The van der Waals surface area contributed by atoms with Gasteiger partial charge in [-0.25, -0.2) is 9.59 Å². The Hall–Kier alpha value is -1.54. The molecular weight excluding hydrogens is 244 g/mol. The maximum atomic E-state index is 11.2. The van der Waals surface area contributed by atoms with E-state index in [0.717, 1.165) is 4.90 Å². The van der Waals surface area contributed by atoms with Crippen LogP contribution in [0.15, 0.2) is 0 Å². The summed E-state index contributed by atoms with van der Waals surface area (Å²) < 4.78 is 0. The Labute approximate surface area is 103 Å². The zero-order valence-electron chi connectivity index (χ0n) is 9.64. The standard InChI is InChI=1S/C10H16N2O6/c13-4-7(14)8-6-2-1-5(12(6)10(17)18)3-11(8)9(15)16/h5-8,13-14H,1-4H2,(H,15,16)(H,17,18)/t5-,6+,7?,8+/m1/s1. The van der Waals surface area contributed by atoms with Gasteiger partial charge in [0.25, 0.3) is 0 Å². The van der Waals surface area contributed by atoms with Gasteiger partial charge in [-0.2, -0.15) is 0 Å². The van der Waals surface area contributed by atoms with E-state index in [9.17, 15) is 14.7 Å². The maximum absolute atomic E-state index is 11.2. The molecule has 8 heteroatoms. The molecule has 2 heterocycles. The molecule has 18 heavy (non-hydrogen) atoms. The lowest BCUT2D eigenvalue weighted by Crippen LogP contribution is -2.66. The molecule has 4 atom stereocenters. The van der Waals surface area contributed by atoms with Gasteiger partial charge in [-0.3, -0.25) is 9.80 Å². The number of hydrogen-bond donors (Lipinski definition) is 4. The lowest BCUT2D eigenvalue weighted by atomic mass is 9.98. The molecule has 0 spiro atoms. The molecule has 0 aliphatic carbocycles. The van der Waals surface area contributed by atoms with E-state index in [1.165, 1.54) is 4.90 Å². The molecular formula is C10H16N2O6. The fourth-order valence-electron chi connectivity index (χ4n) is 3.06. The van der Waals surface area contributed by atoms with Crippen LogP contribution in [-0.2, 0) is 0 Å². The van der Waals surface area contributed by atoms with Gasteiger partial charge in [0.2, 0.25) is 0 Å². The number of carboxylic acid groups (broad SMARTS) is 2. The highest BCUT2D eigenvalue weighted by Gasteiger charge is 2.52. The van der Waals surface area contributed by atoms with E-state index in [4.69, 9.17) is 15.3 Å². The molecule has 102 valence electrons. The second-order valence-corrected chi connectivity index (χ2v) is 4.66. The van der Waals surface area contributed by atoms with Crippen LogP contribution < -0.4 is 0 Å². The number of aliphatic hydroxyl groups is 2. The second kappa shape index (κ2) is 4.62. The molecule has 2 aliphatic heterocycles. The summed E-state index contributed by atoms with van der Waals surface area (Å²) >= 11 is 0. The van der Waals surface area contributed by atoms with E-state index in [2.05, 4.69) is 0 Å². The topological polar surface area (TPSA) is 122 Å². The molecule has 2 aliphatic rings. The van der Waals surface area contributed by atoms with E-state index in [1.54, 1.807) is 0 Å². The van der Waals surface area contributed by atoms with E-state index >= 15 is 0 Å². The van der Waals surface area contributed by atoms with Crippen molar-refractivity contribution in [2.24, 2.45) is 0 Å². The average molecular weight is 260 g/mol. The normalized spacial score (nSPS) is 32.4. The molecule has 0 aromatic rings. The molecule has 0 aromatic heterocycles. The van der Waals surface area contributed by atoms with Gasteiger partial charge >= 0.3 is 12.2 Å². The van der Waals surface area contributed by atoms with Crippen molar-refractivity contribution in [2.75, 3.05) is 13.2 Å². The number of aliphatic hydroxyl groups excluding tert-OH is 2. The quantitative estimate of drug-likeness (QED) is 0.516. The minimum Gasteiger partial charge on any atom is -0.465 e. The highest BCUT2D eigenvalue weighted by Crippen LogP contribution is 2.35. The van der Waals surface area contributed by atoms with Gasteiger partial charge in [-0.15, -0.1) is 0 Å². The minimum atomic E-state index is -1.27. The summed E-state index contributed by atoms with van der Waals surface area (Å²) in [4.78, 5) is 24.6. The molecule has 8 nitrogen and oxygen atoms in total. The van der Waals surface area contributed by atoms with Crippen molar-refractivity contribution in [3.8, 4) is 0 Å². The number of fused-ring (bicyclic) bond motifs is 2. The van der Waals surface area contributed by atoms with Crippen molar-refractivity contribution >= 4 is 12.2 Å². The van der Waals surface area contributed by atoms with Gasteiger partial charge in [0.15, 0.2) is 0 Å². The number of carbonyl (C=O) groups is 2. The van der Waals surface area contributed by atoms with Crippen LogP contribution >= 0.6 is 0 Å². The molecule has 0 radical (unpaired) electrons. The Morgan fingerprint density at radius 1 is 1.22 bits per heavy atom. The first-order valence-corrected chi connectivity index (χ1v) is 5.77. The van der Waals surface area contributed by atoms with Gasteiger partial charge in [0, 0.05) is 6.54 Å². The first-order valence-electron chi connectivity index (χ1n) is 5.77. The molecule has 2 fully saturated rings. The Morgan fingerprint density at radius 3 is 2.39 bits per heavy atom. The summed E-state index contributed by atoms with van der Waals surface area (Å²) in [5.74, 6) is 0. The molecule has 2 amide bonds. The monoisotopic (exact) mass is 260 g/mol. The zero-order chi connectivity index (χ0) is 13.4. The van der Waals surface area contributed by atoms with Crippen molar-refractivity contribution in [1.29, 1.82) is 0 Å². The number of likely N-dealkylation sites (tertiary alicyclic amines) is 1. The zero-order valence-corrected chi connectivity index (χ0v) is 9.64. The number of hydrogen-bond acceptors (Lipinski definition) is 4. The summed E-state index contributed by atoms with van der Waals surface area (Å²) in [6, 6.07) is -1.84. The first-order chi connectivity index (χ1) is 8.47. The highest BCUT2D eigenvalue weighted by molar-refractivity contribution is 5.70. The van der Waals surface area contributed by atoms with Crippen LogP contribution in [0.2, 0.25) is 0 Å². The molecule has 0 aromatic carbocycles. The van der Waals surface area contributed by atoms with E-state index in [1.807, 2.05) is 0 Å². The summed E-state index contributed by atoms with van der Waals surface area (Å²) in [7, 11) is 0. The highest BCUT2D eigenvalue weighted by atomic mass is 16.4. The SMILES string of the molecule is O=C(O)N1C[C@H]2CC[C@@H]([C@H]1C(O)CO)N2C(=O)O. The third-order valence-electron chi connectivity index (χ3n) is 3.76. The van der Waals surface area contributed by atoms with Gasteiger partial charge in [0.1, 0.15) is 0 Å². The van der Waals surface area contributed by atoms with Crippen LogP contribution in [0.1, 0.15) is 12.8 Å². The van der Waals surface area contributed by atoms with E-state index < -0.39 is 37.0 Å². The summed E-state index contributed by atoms with van der Waals surface area (Å²) in [6.45, 7) is -0.553. The van der Waals surface area contributed by atoms with Crippen LogP contribution in [0, 0.1) is 0 Å². The van der Waals surface area contributed by atoms with Gasteiger partial charge < -0.3 is 20.4 Å². The average Bonchev–Trinajstić information content (AvgIpc) is 2.63. The lowest BCUT2D eigenvalue weighted by molar-refractivity contribution is -0.0449. The van der Waals surface area contributed by atoms with Crippen molar-refractivity contribution in [2.45, 2.75) is 37.1 Å². The Morgan fingerprint density at radius 2 is 1.89 bits per heavy atom. The van der Waals surface area contributed by atoms with E-state index in [0.29, 0.717) is 12.8 Å². The summed E-state index contributed by atoms with van der Waals surface area (Å²) in [6.07, 6.45) is -2.50. The number of rotatable bonds is 2. The van der Waals surface area contributed by atoms with E-state index in [-0.39, 0.29) is 12.6 Å². The Bertz CT molecular complexity index is 362. The predicted molar refractivity (Wildman–Crippen MR) is 58.3 cm³/mol. The van der Waals surface area contributed by atoms with Crippen molar-refractivity contribution < 1.29 is 30.0 Å². The van der Waals surface area contributed by atoms with Crippen LogP contribution in [0.25, 0.3) is 0 Å². The molecule has 2 saturated heterocycles. The fourth-order valence-corrected chi connectivity index (χ4v) is 3.06. The summed E-state index contributed by atoms with van der Waals surface area (Å²) in [5.41, 5.74) is 0. The van der Waals surface area contributed by atoms with Gasteiger partial charge in [0.05, 0.1) is 30.8 Å². The number of piperazine rings is 1. The van der Waals surface area contributed by atoms with Crippen LogP contribution in [0.5, 0.6) is 0 Å². The van der Waals surface area contributed by atoms with Crippen LogP contribution in [-0.4, -0.2) is 79.8 Å². The lowest BCUT2D eigenvalue weighted by Gasteiger charge is -2.45. The van der Waals surface area contributed by atoms with Gasteiger partial charge in [-0.1, -0.05) is 0 Å². The van der Waals surface area contributed by atoms with Crippen molar-refractivity contribution in [3.63, 3.8) is 0 Å². The fraction of sp³-hybridized carbons (Fsp3) is 0.800. The van der Waals surface area contributed by atoms with Crippen LogP contribution in [0.4, 0.5) is 9.59 Å². The molecule has 2 bridgehead atoms. The predicted octanol–water partition coefficient (Wildman–Crippen LogP) is -0.787. The largest absolute Gasteiger partial charge is 0.465 e. The van der Waals surface area contributed by atoms with Crippen molar-refractivity contribution in [1.82, 2.24) is 9.80 Å². The Balaban J connectivity index is 2.30. The Kier molecular flexibility index (Phi) is 3.31. The minimum absolute atomic E-state index is 0.0415. The first kappa shape index (κ1) is 12.9. The summed E-state index contributed by atoms with van der Waals surface area (Å²) in [5, 5.41) is 37.0. The molecule has 4 N–H and O–H groups in total. The third kappa shape index (κ3) is 1.87. The number of amides is 2.